The van der Waals surface area contributed by atoms with E-state index in [9.17, 15) is 4.79 Å². The third-order valence-electron chi connectivity index (χ3n) is 2.96. The molecule has 0 spiro atoms. The van der Waals surface area contributed by atoms with E-state index in [2.05, 4.69) is 14.9 Å². The van der Waals surface area contributed by atoms with Gasteiger partial charge in [0.1, 0.15) is 6.10 Å². The second-order valence-electron chi connectivity index (χ2n) is 4.31. The van der Waals surface area contributed by atoms with Gasteiger partial charge in [0.2, 0.25) is 0 Å². The summed E-state index contributed by atoms with van der Waals surface area (Å²) < 4.78 is 6.63. The minimum absolute atomic E-state index is 0.120. The van der Waals surface area contributed by atoms with Gasteiger partial charge in [0.15, 0.2) is 10.9 Å². The Labute approximate surface area is 119 Å². The minimum Gasteiger partial charge on any atom is -0.464 e. The predicted octanol–water partition coefficient (Wildman–Crippen LogP) is 1.74. The van der Waals surface area contributed by atoms with Gasteiger partial charge in [-0.25, -0.2) is 9.78 Å². The van der Waals surface area contributed by atoms with Gasteiger partial charge >= 0.3 is 5.97 Å². The molecule has 0 radical (unpaired) electrons. The quantitative estimate of drug-likeness (QED) is 0.634. The molecule has 0 saturated carbocycles. The number of esters is 1. The third kappa shape index (κ3) is 2.49. The van der Waals surface area contributed by atoms with Crippen LogP contribution in [0.4, 0.5) is 0 Å². The lowest BCUT2D eigenvalue weighted by Crippen LogP contribution is -2.18. The number of aromatic nitrogens is 2. The van der Waals surface area contributed by atoms with Crippen molar-refractivity contribution in [2.24, 2.45) is 5.16 Å². The van der Waals surface area contributed by atoms with Crippen molar-refractivity contribution in [1.29, 1.82) is 0 Å². The molecule has 2 aromatic rings. The molecule has 1 aliphatic rings. The predicted molar refractivity (Wildman–Crippen MR) is 74.9 cm³/mol. The monoisotopic (exact) mass is 291 g/mol. The van der Waals surface area contributed by atoms with Crippen LogP contribution < -0.4 is 0 Å². The van der Waals surface area contributed by atoms with E-state index in [-0.39, 0.29) is 6.10 Å². The van der Waals surface area contributed by atoms with Crippen LogP contribution in [0.3, 0.4) is 0 Å². The topological polar surface area (TPSA) is 65.2 Å². The van der Waals surface area contributed by atoms with Gasteiger partial charge in [0, 0.05) is 18.4 Å². The summed E-state index contributed by atoms with van der Waals surface area (Å²) in [6.07, 6.45) is 4.15. The molecule has 0 bridgehead atoms. The highest BCUT2D eigenvalue weighted by Crippen LogP contribution is 2.23. The van der Waals surface area contributed by atoms with Gasteiger partial charge in [-0.2, -0.15) is 0 Å². The van der Waals surface area contributed by atoms with E-state index in [0.29, 0.717) is 17.9 Å². The summed E-state index contributed by atoms with van der Waals surface area (Å²) in [5, 5.41) is 4.65. The van der Waals surface area contributed by atoms with Gasteiger partial charge in [-0.05, 0) is 12.1 Å². The van der Waals surface area contributed by atoms with Crippen molar-refractivity contribution in [2.45, 2.75) is 17.7 Å². The molecule has 104 valence electrons. The van der Waals surface area contributed by atoms with E-state index in [1.165, 1.54) is 7.11 Å². The molecule has 1 atom stereocenters. The van der Waals surface area contributed by atoms with Crippen LogP contribution in [0.2, 0.25) is 0 Å². The Morgan fingerprint density at radius 1 is 1.60 bits per heavy atom. The number of fused-ring (bicyclic) bond motifs is 1. The fourth-order valence-electron chi connectivity index (χ4n) is 1.95. The van der Waals surface area contributed by atoms with Crippen LogP contribution in [-0.2, 0) is 14.4 Å². The number of hydrogen-bond acceptors (Lipinski definition) is 6. The molecule has 0 N–H and O–H groups in total. The first kappa shape index (κ1) is 13.0. The molecule has 1 aliphatic heterocycles. The number of imidazole rings is 1. The van der Waals surface area contributed by atoms with Crippen LogP contribution in [0.25, 0.3) is 5.52 Å². The number of hydrogen-bond donors (Lipinski definition) is 0. The Morgan fingerprint density at radius 3 is 3.35 bits per heavy atom. The first-order valence-electron chi connectivity index (χ1n) is 6.14. The normalized spacial score (nSPS) is 17.9. The van der Waals surface area contributed by atoms with Crippen molar-refractivity contribution >= 4 is 29.0 Å². The van der Waals surface area contributed by atoms with E-state index in [1.54, 1.807) is 11.8 Å². The summed E-state index contributed by atoms with van der Waals surface area (Å²) >= 11 is 1.58. The zero-order chi connectivity index (χ0) is 13.9. The molecule has 0 amide bonds. The average molecular weight is 291 g/mol. The maximum Gasteiger partial charge on any atom is 0.355 e. The second kappa shape index (κ2) is 5.54. The van der Waals surface area contributed by atoms with E-state index in [4.69, 9.17) is 4.84 Å². The van der Waals surface area contributed by atoms with Crippen molar-refractivity contribution < 1.29 is 14.4 Å². The molecule has 3 rings (SSSR count). The molecule has 3 heterocycles. The maximum atomic E-state index is 11.3. The molecule has 0 unspecified atom stereocenters. The first-order valence-corrected chi connectivity index (χ1v) is 7.12. The summed E-state index contributed by atoms with van der Waals surface area (Å²) in [4.78, 5) is 20.9. The summed E-state index contributed by atoms with van der Waals surface area (Å²) in [5.74, 6) is 0.252. The molecule has 20 heavy (non-hydrogen) atoms. The summed E-state index contributed by atoms with van der Waals surface area (Å²) in [7, 11) is 1.34. The highest BCUT2D eigenvalue weighted by Gasteiger charge is 2.27. The molecular weight excluding hydrogens is 278 g/mol. The lowest BCUT2D eigenvalue weighted by molar-refractivity contribution is -0.132. The van der Waals surface area contributed by atoms with E-state index in [1.807, 2.05) is 35.0 Å². The van der Waals surface area contributed by atoms with Crippen LogP contribution in [0.5, 0.6) is 0 Å². The largest absolute Gasteiger partial charge is 0.464 e. The SMILES string of the molecule is COC(=O)C1=NO[C@@H](CSc2ncc3ccccn23)C1. The second-order valence-corrected chi connectivity index (χ2v) is 5.30. The number of oxime groups is 1. The standard InChI is InChI=1S/C13H13N3O3S/c1-18-12(17)11-6-10(19-15-11)8-20-13-14-7-9-4-2-3-5-16(9)13/h2-5,7,10H,6,8H2,1H3/t10-/m1/s1. The smallest absolute Gasteiger partial charge is 0.355 e. The summed E-state index contributed by atoms with van der Waals surface area (Å²) in [6, 6.07) is 5.94. The Morgan fingerprint density at radius 2 is 2.50 bits per heavy atom. The minimum atomic E-state index is -0.427. The van der Waals surface area contributed by atoms with Crippen LogP contribution >= 0.6 is 11.8 Å². The zero-order valence-electron chi connectivity index (χ0n) is 10.9. The van der Waals surface area contributed by atoms with Crippen molar-refractivity contribution in [3.05, 3.63) is 30.6 Å². The molecule has 2 aromatic heterocycles. The number of pyridine rings is 1. The summed E-state index contributed by atoms with van der Waals surface area (Å²) in [5.41, 5.74) is 1.39. The van der Waals surface area contributed by atoms with Crippen molar-refractivity contribution in [1.82, 2.24) is 9.38 Å². The number of nitrogens with zero attached hydrogens (tertiary/aromatic N) is 3. The van der Waals surface area contributed by atoms with E-state index >= 15 is 0 Å². The third-order valence-corrected chi connectivity index (χ3v) is 4.06. The number of thioether (sulfide) groups is 1. The van der Waals surface area contributed by atoms with Crippen LogP contribution in [0.1, 0.15) is 6.42 Å². The number of carbonyl (C=O) groups excluding carboxylic acids is 1. The summed E-state index contributed by atoms with van der Waals surface area (Å²) in [6.45, 7) is 0. The number of carbonyl (C=O) groups is 1. The highest BCUT2D eigenvalue weighted by molar-refractivity contribution is 7.99. The Balaban J connectivity index is 1.60. The zero-order valence-corrected chi connectivity index (χ0v) is 11.7. The molecular formula is C13H13N3O3S. The van der Waals surface area contributed by atoms with Crippen molar-refractivity contribution in [2.75, 3.05) is 12.9 Å². The number of rotatable bonds is 4. The Hall–Kier alpha value is -2.02. The van der Waals surface area contributed by atoms with Gasteiger partial charge in [0.25, 0.3) is 0 Å². The fourth-order valence-corrected chi connectivity index (χ4v) is 2.90. The molecule has 6 nitrogen and oxygen atoms in total. The lowest BCUT2D eigenvalue weighted by Gasteiger charge is -2.06. The lowest BCUT2D eigenvalue weighted by atomic mass is 10.2. The van der Waals surface area contributed by atoms with Crippen molar-refractivity contribution in [3.63, 3.8) is 0 Å². The van der Waals surface area contributed by atoms with E-state index < -0.39 is 5.97 Å². The first-order chi connectivity index (χ1) is 9.78. The highest BCUT2D eigenvalue weighted by atomic mass is 32.2. The van der Waals surface area contributed by atoms with E-state index in [0.717, 1.165) is 10.7 Å². The van der Waals surface area contributed by atoms with Gasteiger partial charge < -0.3 is 9.57 Å². The maximum absolute atomic E-state index is 11.3. The van der Waals surface area contributed by atoms with Gasteiger partial charge in [-0.1, -0.05) is 23.0 Å². The number of ether oxygens (including phenoxy) is 1. The molecule has 0 aliphatic carbocycles. The van der Waals surface area contributed by atoms with Crippen molar-refractivity contribution in [3.8, 4) is 0 Å². The van der Waals surface area contributed by atoms with Gasteiger partial charge in [0.05, 0.1) is 18.8 Å². The Bertz CT molecular complexity index is 668. The molecule has 0 aromatic carbocycles. The fraction of sp³-hybridized carbons (Fsp3) is 0.308. The Kier molecular flexibility index (Phi) is 3.60. The van der Waals surface area contributed by atoms with Crippen LogP contribution in [-0.4, -0.2) is 40.0 Å². The van der Waals surface area contributed by atoms with Crippen LogP contribution in [0.15, 0.2) is 40.9 Å². The molecule has 0 fully saturated rings. The molecule has 7 heteroatoms. The number of methoxy groups -OCH3 is 1. The van der Waals surface area contributed by atoms with Crippen LogP contribution in [0, 0.1) is 0 Å². The average Bonchev–Trinajstić information content (AvgIpc) is 3.11. The van der Waals surface area contributed by atoms with Gasteiger partial charge in [-0.3, -0.25) is 4.40 Å². The molecule has 0 saturated heterocycles. The van der Waals surface area contributed by atoms with Gasteiger partial charge in [-0.15, -0.1) is 0 Å².